The number of carbonyl (C=O) groups excluding carboxylic acids is 2. The number of carboxylic acid groups (broad SMARTS) is 1. The second kappa shape index (κ2) is 12.2. The molecule has 0 unspecified atom stereocenters. The van der Waals surface area contributed by atoms with E-state index in [1.165, 1.54) is 0 Å². The van der Waals surface area contributed by atoms with E-state index in [0.29, 0.717) is 48.7 Å². The molecule has 1 fully saturated rings. The summed E-state index contributed by atoms with van der Waals surface area (Å²) in [5.41, 5.74) is 1.42. The zero-order valence-corrected chi connectivity index (χ0v) is 21.9. The van der Waals surface area contributed by atoms with E-state index in [-0.39, 0.29) is 13.3 Å². The number of carboxylic acids is 1. The number of likely N-dealkylation sites (tertiary alicyclic amines) is 1. The highest BCUT2D eigenvalue weighted by molar-refractivity contribution is 6.04. The van der Waals surface area contributed by atoms with Gasteiger partial charge in [-0.1, -0.05) is 32.0 Å². The second-order valence-electron chi connectivity index (χ2n) is 9.48. The summed E-state index contributed by atoms with van der Waals surface area (Å²) in [7, 11) is 1.55. The Morgan fingerprint density at radius 2 is 1.58 bits per heavy atom. The molecule has 0 radical (unpaired) electrons. The lowest BCUT2D eigenvalue weighted by Gasteiger charge is -2.32. The van der Waals surface area contributed by atoms with Crippen LogP contribution in [0.2, 0.25) is 0 Å². The number of amides is 2. The number of ether oxygens (including phenoxy) is 3. The number of nitrogens with zero attached hydrogens (tertiary/aromatic N) is 1. The third-order valence-electron chi connectivity index (χ3n) is 7.03. The van der Waals surface area contributed by atoms with Gasteiger partial charge in [-0.05, 0) is 48.2 Å². The van der Waals surface area contributed by atoms with Crippen molar-refractivity contribution in [1.82, 2.24) is 15.5 Å². The molecule has 0 aromatic heterocycles. The predicted molar refractivity (Wildman–Crippen MR) is 139 cm³/mol. The lowest BCUT2D eigenvalue weighted by molar-refractivity contribution is -0.145. The predicted octanol–water partition coefficient (Wildman–Crippen LogP) is 2.69. The average molecular weight is 526 g/mol. The lowest BCUT2D eigenvalue weighted by Crippen LogP contribution is -2.55. The van der Waals surface area contributed by atoms with Crippen molar-refractivity contribution in [3.05, 3.63) is 53.6 Å². The van der Waals surface area contributed by atoms with Crippen LogP contribution in [-0.4, -0.2) is 67.4 Å². The molecule has 2 aliphatic heterocycles. The summed E-state index contributed by atoms with van der Waals surface area (Å²) in [6.45, 7) is 4.95. The van der Waals surface area contributed by atoms with Gasteiger partial charge in [-0.3, -0.25) is 19.3 Å². The van der Waals surface area contributed by atoms with Crippen LogP contribution >= 0.6 is 0 Å². The molecule has 1 saturated heterocycles. The van der Waals surface area contributed by atoms with Crippen molar-refractivity contribution < 1.29 is 33.7 Å². The molecule has 0 saturated carbocycles. The number of aliphatic carboxylic acids is 1. The molecule has 2 amide bonds. The topological polar surface area (TPSA) is 126 Å². The summed E-state index contributed by atoms with van der Waals surface area (Å²) in [6, 6.07) is 10.5. The van der Waals surface area contributed by atoms with Gasteiger partial charge in [0.15, 0.2) is 17.5 Å². The normalized spacial score (nSPS) is 20.4. The zero-order valence-electron chi connectivity index (χ0n) is 21.9. The average Bonchev–Trinajstić information content (AvgIpc) is 3.55. The van der Waals surface area contributed by atoms with Crippen LogP contribution in [0.25, 0.3) is 0 Å². The molecule has 204 valence electrons. The molecule has 2 aromatic carbocycles. The van der Waals surface area contributed by atoms with Crippen molar-refractivity contribution in [2.75, 3.05) is 33.5 Å². The molecule has 0 bridgehead atoms. The van der Waals surface area contributed by atoms with Gasteiger partial charge in [-0.25, -0.2) is 0 Å². The molecule has 0 spiro atoms. The van der Waals surface area contributed by atoms with E-state index in [4.69, 9.17) is 14.2 Å². The first-order valence-corrected chi connectivity index (χ1v) is 13.0. The van der Waals surface area contributed by atoms with Crippen LogP contribution in [0.15, 0.2) is 42.5 Å². The number of methoxy groups -OCH3 is 1. The van der Waals surface area contributed by atoms with Gasteiger partial charge >= 0.3 is 5.97 Å². The zero-order chi connectivity index (χ0) is 27.2. The highest BCUT2D eigenvalue weighted by Gasteiger charge is 2.52. The number of carbonyl (C=O) groups is 3. The molecule has 2 heterocycles. The SMILES string of the molecule is CCCNC(=O)C(C(=O)NCCC)N1C[C@H](c2ccc3c(c2)OCO3)[C@H](C(=O)O)[C@H]1c1ccc(OC)cc1. The Kier molecular flexibility index (Phi) is 8.73. The Morgan fingerprint density at radius 1 is 0.974 bits per heavy atom. The minimum Gasteiger partial charge on any atom is -0.497 e. The van der Waals surface area contributed by atoms with Gasteiger partial charge < -0.3 is 30.0 Å². The molecule has 38 heavy (non-hydrogen) atoms. The van der Waals surface area contributed by atoms with Crippen LogP contribution in [0.3, 0.4) is 0 Å². The molecule has 2 aliphatic rings. The first kappa shape index (κ1) is 27.3. The van der Waals surface area contributed by atoms with Crippen molar-refractivity contribution in [3.8, 4) is 17.2 Å². The fourth-order valence-corrected chi connectivity index (χ4v) is 5.22. The second-order valence-corrected chi connectivity index (χ2v) is 9.48. The lowest BCUT2D eigenvalue weighted by atomic mass is 9.82. The molecule has 0 aliphatic carbocycles. The van der Waals surface area contributed by atoms with E-state index < -0.39 is 41.7 Å². The van der Waals surface area contributed by atoms with Crippen LogP contribution in [0.1, 0.15) is 49.8 Å². The monoisotopic (exact) mass is 525 g/mol. The number of hydrogen-bond donors (Lipinski definition) is 3. The molecule has 3 atom stereocenters. The summed E-state index contributed by atoms with van der Waals surface area (Å²) < 4.78 is 16.3. The smallest absolute Gasteiger partial charge is 0.309 e. The van der Waals surface area contributed by atoms with Crippen LogP contribution in [-0.2, 0) is 14.4 Å². The maximum absolute atomic E-state index is 13.4. The van der Waals surface area contributed by atoms with Crippen LogP contribution in [0, 0.1) is 5.92 Å². The summed E-state index contributed by atoms with van der Waals surface area (Å²) in [5.74, 6) is -1.61. The third-order valence-corrected chi connectivity index (χ3v) is 7.03. The third kappa shape index (κ3) is 5.55. The maximum Gasteiger partial charge on any atom is 0.309 e. The van der Waals surface area contributed by atoms with Crippen molar-refractivity contribution in [2.45, 2.75) is 44.7 Å². The Labute approximate surface area is 222 Å². The van der Waals surface area contributed by atoms with Crippen molar-refractivity contribution in [2.24, 2.45) is 5.92 Å². The van der Waals surface area contributed by atoms with Gasteiger partial charge in [0.1, 0.15) is 5.75 Å². The van der Waals surface area contributed by atoms with Gasteiger partial charge in [0.25, 0.3) is 0 Å². The summed E-state index contributed by atoms with van der Waals surface area (Å²) in [4.78, 5) is 41.5. The Balaban J connectivity index is 1.81. The fraction of sp³-hybridized carbons (Fsp3) is 0.464. The molecule has 10 heteroatoms. The minimum absolute atomic E-state index is 0.101. The number of rotatable bonds is 11. The minimum atomic E-state index is -1.21. The van der Waals surface area contributed by atoms with Crippen molar-refractivity contribution >= 4 is 17.8 Å². The van der Waals surface area contributed by atoms with Gasteiger partial charge in [-0.15, -0.1) is 0 Å². The first-order valence-electron chi connectivity index (χ1n) is 13.0. The van der Waals surface area contributed by atoms with Crippen LogP contribution in [0.4, 0.5) is 0 Å². The van der Waals surface area contributed by atoms with Crippen molar-refractivity contribution in [1.29, 1.82) is 0 Å². The highest BCUT2D eigenvalue weighted by atomic mass is 16.7. The standard InChI is InChI=1S/C28H35N3O7/c1-4-12-29-26(32)25(27(33)30-13-5-2)31-15-20(18-8-11-21-22(14-18)38-16-37-21)23(28(34)35)24(31)17-6-9-19(36-3)10-7-17/h6-11,14,20,23-25H,4-5,12-13,15-16H2,1-3H3,(H,29,32)(H,30,33)(H,34,35)/t20-,23+,24-/m1/s1. The largest absolute Gasteiger partial charge is 0.497 e. The van der Waals surface area contributed by atoms with Gasteiger partial charge in [-0.2, -0.15) is 0 Å². The molecular formula is C28H35N3O7. The fourth-order valence-electron chi connectivity index (χ4n) is 5.22. The maximum atomic E-state index is 13.4. The number of hydrogen-bond acceptors (Lipinski definition) is 7. The number of fused-ring (bicyclic) bond motifs is 1. The quantitative estimate of drug-likeness (QED) is 0.382. The molecule has 10 nitrogen and oxygen atoms in total. The van der Waals surface area contributed by atoms with E-state index in [0.717, 1.165) is 5.56 Å². The Morgan fingerprint density at radius 3 is 2.16 bits per heavy atom. The van der Waals surface area contributed by atoms with Gasteiger partial charge in [0.05, 0.1) is 19.1 Å². The summed E-state index contributed by atoms with van der Waals surface area (Å²) in [6.07, 6.45) is 1.41. The van der Waals surface area contributed by atoms with Crippen molar-refractivity contribution in [3.63, 3.8) is 0 Å². The molecule has 2 aromatic rings. The van der Waals surface area contributed by atoms with Gasteiger partial charge in [0, 0.05) is 25.6 Å². The van der Waals surface area contributed by atoms with Crippen LogP contribution < -0.4 is 24.8 Å². The number of nitrogens with one attached hydrogen (secondary N) is 2. The number of benzene rings is 2. The van der Waals surface area contributed by atoms with Crippen LogP contribution in [0.5, 0.6) is 17.2 Å². The highest BCUT2D eigenvalue weighted by Crippen LogP contribution is 2.48. The molecular weight excluding hydrogens is 490 g/mol. The van der Waals surface area contributed by atoms with E-state index >= 15 is 0 Å². The first-order chi connectivity index (χ1) is 18.4. The van der Waals surface area contributed by atoms with E-state index in [1.54, 1.807) is 48.4 Å². The summed E-state index contributed by atoms with van der Waals surface area (Å²) >= 11 is 0. The van der Waals surface area contributed by atoms with E-state index in [9.17, 15) is 19.5 Å². The molecule has 3 N–H and O–H groups in total. The summed E-state index contributed by atoms with van der Waals surface area (Å²) in [5, 5.41) is 16.2. The Hall–Kier alpha value is -3.79. The van der Waals surface area contributed by atoms with Gasteiger partial charge in [0.2, 0.25) is 18.6 Å². The Bertz CT molecular complexity index is 1130. The van der Waals surface area contributed by atoms with E-state index in [2.05, 4.69) is 10.6 Å². The molecule has 4 rings (SSSR count). The van der Waals surface area contributed by atoms with E-state index in [1.807, 2.05) is 19.9 Å².